The molecule has 17 heavy (non-hydrogen) atoms. The molecule has 1 heteroatoms. The maximum Gasteiger partial charge on any atom is 0.00107 e. The molecule has 0 spiro atoms. The third kappa shape index (κ3) is 4.16. The van der Waals surface area contributed by atoms with Crippen molar-refractivity contribution in [2.24, 2.45) is 11.3 Å². The summed E-state index contributed by atoms with van der Waals surface area (Å²) < 4.78 is 0. The first-order valence-corrected chi connectivity index (χ1v) is 6.74. The first-order valence-electron chi connectivity index (χ1n) is 6.74. The number of hydrogen-bond donors (Lipinski definition) is 1. The lowest BCUT2D eigenvalue weighted by atomic mass is 9.74. The molecule has 1 unspecified atom stereocenters. The van der Waals surface area contributed by atoms with Gasteiger partial charge in [-0.25, -0.2) is 0 Å². The lowest BCUT2D eigenvalue weighted by Crippen LogP contribution is -2.37. The van der Waals surface area contributed by atoms with E-state index in [1.165, 1.54) is 11.1 Å². The van der Waals surface area contributed by atoms with Gasteiger partial charge in [0.25, 0.3) is 0 Å². The molecule has 0 bridgehead atoms. The van der Waals surface area contributed by atoms with E-state index in [4.69, 9.17) is 0 Å². The molecule has 0 aromatic heterocycles. The zero-order valence-corrected chi connectivity index (χ0v) is 12.0. The predicted octanol–water partition coefficient (Wildman–Crippen LogP) is 3.81. The van der Waals surface area contributed by atoms with E-state index < -0.39 is 0 Å². The van der Waals surface area contributed by atoms with Gasteiger partial charge in [-0.05, 0) is 36.8 Å². The van der Waals surface area contributed by atoms with Crippen LogP contribution in [0.1, 0.15) is 38.8 Å². The van der Waals surface area contributed by atoms with Crippen molar-refractivity contribution in [2.45, 2.75) is 41.0 Å². The highest BCUT2D eigenvalue weighted by Gasteiger charge is 2.28. The highest BCUT2D eigenvalue weighted by atomic mass is 14.9. The topological polar surface area (TPSA) is 12.0 Å². The van der Waals surface area contributed by atoms with Gasteiger partial charge in [-0.15, -0.1) is 0 Å². The van der Waals surface area contributed by atoms with E-state index >= 15 is 0 Å². The zero-order chi connectivity index (χ0) is 12.9. The number of benzene rings is 1. The maximum absolute atomic E-state index is 3.51. The number of aryl methyl sites for hydroxylation is 1. The van der Waals surface area contributed by atoms with Crippen molar-refractivity contribution in [3.8, 4) is 0 Å². The monoisotopic (exact) mass is 233 g/mol. The van der Waals surface area contributed by atoms with Gasteiger partial charge in [0.15, 0.2) is 0 Å². The van der Waals surface area contributed by atoms with Crippen LogP contribution in [0.5, 0.6) is 0 Å². The summed E-state index contributed by atoms with van der Waals surface area (Å²) in [7, 11) is 0. The molecule has 0 radical (unpaired) electrons. The van der Waals surface area contributed by atoms with E-state index in [0.29, 0.717) is 11.3 Å². The van der Waals surface area contributed by atoms with Crippen LogP contribution in [-0.4, -0.2) is 13.1 Å². The fourth-order valence-corrected chi connectivity index (χ4v) is 2.17. The fourth-order valence-electron chi connectivity index (χ4n) is 2.17. The van der Waals surface area contributed by atoms with Crippen molar-refractivity contribution >= 4 is 0 Å². The van der Waals surface area contributed by atoms with E-state index in [0.717, 1.165) is 19.5 Å². The quantitative estimate of drug-likeness (QED) is 0.788. The summed E-state index contributed by atoms with van der Waals surface area (Å²) in [6.45, 7) is 13.5. The van der Waals surface area contributed by atoms with Crippen LogP contribution in [0, 0.1) is 18.3 Å². The van der Waals surface area contributed by atoms with Gasteiger partial charge in [0, 0.05) is 6.54 Å². The molecule has 1 aromatic rings. The van der Waals surface area contributed by atoms with Crippen LogP contribution < -0.4 is 5.32 Å². The fraction of sp³-hybridized carbons (Fsp3) is 0.625. The average Bonchev–Trinajstić information content (AvgIpc) is 2.26. The number of rotatable bonds is 6. The molecule has 0 saturated heterocycles. The molecular weight excluding hydrogens is 206 g/mol. The SMILES string of the molecule is CCNCC(C)(Cc1cccc(C)c1)C(C)C. The maximum atomic E-state index is 3.51. The average molecular weight is 233 g/mol. The molecule has 1 rings (SSSR count). The van der Waals surface area contributed by atoms with E-state index in [1.807, 2.05) is 0 Å². The minimum atomic E-state index is 0.337. The zero-order valence-electron chi connectivity index (χ0n) is 12.0. The van der Waals surface area contributed by atoms with Gasteiger partial charge < -0.3 is 5.32 Å². The molecular formula is C16H27N. The summed E-state index contributed by atoms with van der Waals surface area (Å²) in [6.07, 6.45) is 1.15. The lowest BCUT2D eigenvalue weighted by Gasteiger charge is -2.34. The molecule has 0 aliphatic carbocycles. The molecule has 1 atom stereocenters. The summed E-state index contributed by atoms with van der Waals surface area (Å²) in [5.74, 6) is 0.682. The second kappa shape index (κ2) is 6.20. The van der Waals surface area contributed by atoms with Crippen molar-refractivity contribution in [3.05, 3.63) is 35.4 Å². The van der Waals surface area contributed by atoms with Gasteiger partial charge in [0.2, 0.25) is 0 Å². The van der Waals surface area contributed by atoms with Crippen LogP contribution in [0.2, 0.25) is 0 Å². The second-order valence-electron chi connectivity index (χ2n) is 5.75. The van der Waals surface area contributed by atoms with Gasteiger partial charge >= 0.3 is 0 Å². The van der Waals surface area contributed by atoms with E-state index in [1.54, 1.807) is 0 Å². The highest BCUT2D eigenvalue weighted by molar-refractivity contribution is 5.23. The van der Waals surface area contributed by atoms with Crippen LogP contribution in [-0.2, 0) is 6.42 Å². The highest BCUT2D eigenvalue weighted by Crippen LogP contribution is 2.30. The Hall–Kier alpha value is -0.820. The Balaban J connectivity index is 2.79. The van der Waals surface area contributed by atoms with Crippen molar-refractivity contribution in [3.63, 3.8) is 0 Å². The first kappa shape index (κ1) is 14.2. The third-order valence-electron chi connectivity index (χ3n) is 3.86. The van der Waals surface area contributed by atoms with E-state index in [2.05, 4.69) is 64.2 Å². The minimum Gasteiger partial charge on any atom is -0.316 e. The Morgan fingerprint density at radius 3 is 2.53 bits per heavy atom. The van der Waals surface area contributed by atoms with Crippen LogP contribution in [0.25, 0.3) is 0 Å². The van der Waals surface area contributed by atoms with Gasteiger partial charge in [-0.1, -0.05) is 57.5 Å². The van der Waals surface area contributed by atoms with Crippen molar-refractivity contribution in [1.29, 1.82) is 0 Å². The molecule has 0 amide bonds. The number of hydrogen-bond acceptors (Lipinski definition) is 1. The summed E-state index contributed by atoms with van der Waals surface area (Å²) >= 11 is 0. The predicted molar refractivity (Wildman–Crippen MR) is 76.4 cm³/mol. The van der Waals surface area contributed by atoms with E-state index in [9.17, 15) is 0 Å². The molecule has 1 N–H and O–H groups in total. The summed E-state index contributed by atoms with van der Waals surface area (Å²) in [4.78, 5) is 0. The smallest absolute Gasteiger partial charge is 0.00107 e. The summed E-state index contributed by atoms with van der Waals surface area (Å²) in [5, 5.41) is 3.51. The minimum absolute atomic E-state index is 0.337. The Morgan fingerprint density at radius 2 is 2.00 bits per heavy atom. The van der Waals surface area contributed by atoms with Gasteiger partial charge in [0.1, 0.15) is 0 Å². The molecule has 0 aliphatic rings. The Kier molecular flexibility index (Phi) is 5.20. The molecule has 0 saturated carbocycles. The standard InChI is InChI=1S/C16H27N/c1-6-17-12-16(5,13(2)3)11-15-9-7-8-14(4)10-15/h7-10,13,17H,6,11-12H2,1-5H3. The largest absolute Gasteiger partial charge is 0.316 e. The number of nitrogens with one attached hydrogen (secondary N) is 1. The molecule has 1 nitrogen and oxygen atoms in total. The third-order valence-corrected chi connectivity index (χ3v) is 3.86. The van der Waals surface area contributed by atoms with Crippen LogP contribution in [0.15, 0.2) is 24.3 Å². The van der Waals surface area contributed by atoms with Crippen LogP contribution in [0.4, 0.5) is 0 Å². The normalized spacial score (nSPS) is 14.9. The Bertz CT molecular complexity index is 343. The molecule has 96 valence electrons. The molecule has 0 fully saturated rings. The van der Waals surface area contributed by atoms with Crippen molar-refractivity contribution < 1.29 is 0 Å². The summed E-state index contributed by atoms with van der Waals surface area (Å²) in [5.41, 5.74) is 3.15. The molecule has 0 heterocycles. The first-order chi connectivity index (χ1) is 7.98. The Morgan fingerprint density at radius 1 is 1.29 bits per heavy atom. The van der Waals surface area contributed by atoms with Crippen molar-refractivity contribution in [2.75, 3.05) is 13.1 Å². The van der Waals surface area contributed by atoms with Crippen molar-refractivity contribution in [1.82, 2.24) is 5.32 Å². The van der Waals surface area contributed by atoms with Gasteiger partial charge in [0.05, 0.1) is 0 Å². The second-order valence-corrected chi connectivity index (χ2v) is 5.75. The van der Waals surface area contributed by atoms with Gasteiger partial charge in [-0.2, -0.15) is 0 Å². The lowest BCUT2D eigenvalue weighted by molar-refractivity contribution is 0.209. The van der Waals surface area contributed by atoms with E-state index in [-0.39, 0.29) is 0 Å². The molecule has 1 aromatic carbocycles. The molecule has 0 aliphatic heterocycles. The van der Waals surface area contributed by atoms with Crippen LogP contribution in [0.3, 0.4) is 0 Å². The summed E-state index contributed by atoms with van der Waals surface area (Å²) in [6, 6.07) is 8.89. The van der Waals surface area contributed by atoms with Gasteiger partial charge in [-0.3, -0.25) is 0 Å². The van der Waals surface area contributed by atoms with Crippen LogP contribution >= 0.6 is 0 Å². The Labute approximate surface area is 107 Å².